The highest BCUT2D eigenvalue weighted by Crippen LogP contribution is 2.65. The van der Waals surface area contributed by atoms with Gasteiger partial charge in [-0.05, 0) is 47.8 Å². The molecule has 9 nitrogen and oxygen atoms in total. The molecule has 3 aliphatic carbocycles. The first-order valence-corrected chi connectivity index (χ1v) is 13.9. The Balaban J connectivity index is 1.53. The number of nitrogens with zero attached hydrogens (tertiary/aromatic N) is 1. The molecule has 4 rings (SSSR count). The quantitative estimate of drug-likeness (QED) is 0.382. The van der Waals surface area contributed by atoms with Gasteiger partial charge in [0.1, 0.15) is 12.1 Å². The average molecular weight is 517 g/mol. The molecule has 0 spiro atoms. The van der Waals surface area contributed by atoms with Gasteiger partial charge in [0.2, 0.25) is 23.5 Å². The molecule has 1 heterocycles. The van der Waals surface area contributed by atoms with Crippen LogP contribution in [0.2, 0.25) is 0 Å². The Bertz CT molecular complexity index is 976. The molecule has 4 amide bonds. The summed E-state index contributed by atoms with van der Waals surface area (Å²) in [7, 11) is 0. The predicted octanol–water partition coefficient (Wildman–Crippen LogP) is 1.79. The van der Waals surface area contributed by atoms with Gasteiger partial charge >= 0.3 is 0 Å². The summed E-state index contributed by atoms with van der Waals surface area (Å²) in [5, 5.41) is 8.54. The maximum Gasteiger partial charge on any atom is 0.289 e. The maximum atomic E-state index is 13.9. The van der Waals surface area contributed by atoms with Gasteiger partial charge in [-0.1, -0.05) is 61.3 Å². The van der Waals surface area contributed by atoms with Crippen LogP contribution < -0.4 is 16.0 Å². The van der Waals surface area contributed by atoms with Crippen molar-refractivity contribution in [3.8, 4) is 0 Å². The number of hydrogen-bond acceptors (Lipinski definition) is 5. The Morgan fingerprint density at radius 1 is 0.973 bits per heavy atom. The molecule has 4 fully saturated rings. The minimum absolute atomic E-state index is 0.0326. The van der Waals surface area contributed by atoms with E-state index in [2.05, 4.69) is 29.8 Å². The van der Waals surface area contributed by atoms with Gasteiger partial charge in [0.25, 0.3) is 5.91 Å². The van der Waals surface area contributed by atoms with E-state index in [4.69, 9.17) is 0 Å². The van der Waals surface area contributed by atoms with Crippen molar-refractivity contribution in [2.24, 2.45) is 34.5 Å². The smallest absolute Gasteiger partial charge is 0.289 e. The zero-order valence-electron chi connectivity index (χ0n) is 23.3. The molecule has 5 atom stereocenters. The number of Topliss-reactive ketones (excluding diaryl/α,β-unsaturated/α-hetero) is 1. The van der Waals surface area contributed by atoms with Gasteiger partial charge in [-0.2, -0.15) is 0 Å². The normalized spacial score (nSPS) is 27.7. The lowest BCUT2D eigenvalue weighted by atomic mass is 9.84. The fourth-order valence-electron chi connectivity index (χ4n) is 5.75. The van der Waals surface area contributed by atoms with Crippen molar-refractivity contribution in [1.29, 1.82) is 0 Å². The molecule has 1 aliphatic heterocycles. The molecule has 4 aliphatic rings. The first-order valence-electron chi connectivity index (χ1n) is 13.9. The van der Waals surface area contributed by atoms with Gasteiger partial charge in [-0.25, -0.2) is 0 Å². The second kappa shape index (κ2) is 9.70. The molecule has 0 aromatic heterocycles. The molecule has 0 bridgehead atoms. The fraction of sp³-hybridized carbons (Fsp3) is 0.821. The van der Waals surface area contributed by atoms with E-state index in [-0.39, 0.29) is 46.9 Å². The third kappa shape index (κ3) is 5.85. The Kier molecular flexibility index (Phi) is 7.23. The average Bonchev–Trinajstić information content (AvgIpc) is 3.74. The number of hydrogen-bond donors (Lipinski definition) is 3. The highest BCUT2D eigenvalue weighted by Gasteiger charge is 2.70. The van der Waals surface area contributed by atoms with Gasteiger partial charge in [-0.3, -0.25) is 24.0 Å². The molecule has 0 aromatic carbocycles. The highest BCUT2D eigenvalue weighted by molar-refractivity contribution is 6.38. The van der Waals surface area contributed by atoms with Gasteiger partial charge in [0.15, 0.2) is 0 Å². The molecule has 206 valence electrons. The van der Waals surface area contributed by atoms with Crippen LogP contribution in [0, 0.1) is 34.5 Å². The van der Waals surface area contributed by atoms with Crippen molar-refractivity contribution in [3.05, 3.63) is 0 Å². The second-order valence-electron chi connectivity index (χ2n) is 13.7. The molecule has 37 heavy (non-hydrogen) atoms. The van der Waals surface area contributed by atoms with Crippen LogP contribution in [0.4, 0.5) is 0 Å². The maximum absolute atomic E-state index is 13.9. The lowest BCUT2D eigenvalue weighted by Gasteiger charge is -2.38. The molecule has 0 aromatic rings. The Hall–Kier alpha value is -2.45. The third-order valence-electron chi connectivity index (χ3n) is 8.72. The number of piperidine rings is 1. The van der Waals surface area contributed by atoms with Crippen molar-refractivity contribution in [2.45, 2.75) is 105 Å². The summed E-state index contributed by atoms with van der Waals surface area (Å²) in [6.45, 7) is 13.9. The predicted molar refractivity (Wildman–Crippen MR) is 138 cm³/mol. The molecule has 1 saturated heterocycles. The summed E-state index contributed by atoms with van der Waals surface area (Å²) in [6, 6.07) is -2.36. The van der Waals surface area contributed by atoms with Gasteiger partial charge in [0.05, 0.1) is 6.04 Å². The van der Waals surface area contributed by atoms with Crippen LogP contribution in [0.1, 0.15) is 80.6 Å². The van der Waals surface area contributed by atoms with Crippen molar-refractivity contribution in [2.75, 3.05) is 6.54 Å². The summed E-state index contributed by atoms with van der Waals surface area (Å²) < 4.78 is 0. The van der Waals surface area contributed by atoms with E-state index in [1.807, 2.05) is 20.8 Å². The highest BCUT2D eigenvalue weighted by atomic mass is 16.2. The number of ketones is 1. The number of rotatable bonds is 10. The Labute approximate surface area is 220 Å². The van der Waals surface area contributed by atoms with Crippen LogP contribution in [-0.4, -0.2) is 65.0 Å². The molecule has 3 N–H and O–H groups in total. The first kappa shape index (κ1) is 27.6. The lowest BCUT2D eigenvalue weighted by Crippen LogP contribution is -2.61. The largest absolute Gasteiger partial charge is 0.347 e. The van der Waals surface area contributed by atoms with Crippen molar-refractivity contribution in [3.63, 3.8) is 0 Å². The number of likely N-dealkylation sites (tertiary alicyclic amines) is 1. The summed E-state index contributed by atoms with van der Waals surface area (Å²) in [6.07, 6.45) is 4.16. The van der Waals surface area contributed by atoms with Crippen LogP contribution in [0.15, 0.2) is 0 Å². The number of amides is 4. The minimum atomic E-state index is -0.893. The molecule has 9 heteroatoms. The summed E-state index contributed by atoms with van der Waals surface area (Å²) in [4.78, 5) is 67.4. The van der Waals surface area contributed by atoms with E-state index >= 15 is 0 Å². The van der Waals surface area contributed by atoms with Gasteiger partial charge in [-0.15, -0.1) is 0 Å². The molecular formula is C28H44N4O5. The van der Waals surface area contributed by atoms with E-state index in [0.717, 1.165) is 25.7 Å². The van der Waals surface area contributed by atoms with E-state index in [1.165, 1.54) is 0 Å². The lowest BCUT2D eigenvalue weighted by molar-refractivity contribution is -0.147. The Morgan fingerprint density at radius 3 is 2.11 bits per heavy atom. The summed E-state index contributed by atoms with van der Waals surface area (Å²) >= 11 is 0. The number of carbonyl (C=O) groups is 5. The third-order valence-corrected chi connectivity index (χ3v) is 8.72. The van der Waals surface area contributed by atoms with E-state index in [1.54, 1.807) is 18.7 Å². The zero-order chi connectivity index (χ0) is 27.4. The van der Waals surface area contributed by atoms with Crippen LogP contribution >= 0.6 is 0 Å². The molecule has 4 unspecified atom stereocenters. The number of fused-ring (bicyclic) bond motifs is 1. The monoisotopic (exact) mass is 516 g/mol. The molecule has 3 saturated carbocycles. The van der Waals surface area contributed by atoms with Crippen LogP contribution in [0.5, 0.6) is 0 Å². The standard InChI is InChI=1S/C28H44N4O5/c1-14(2)23(34)31-22(27(3,4)5)26(37)32-13-17-19(28(17,6)7)20(32)24(35)30-18(12-15-8-9-15)21(33)25(36)29-16-10-11-16/h14-20,22H,8-13H2,1-7H3,(H,29,36)(H,30,35)(H,31,34)/t17?,18?,19?,20?,22-/m1/s1. The van der Waals surface area contributed by atoms with Crippen LogP contribution in [0.3, 0.4) is 0 Å². The molecular weight excluding hydrogens is 472 g/mol. The summed E-state index contributed by atoms with van der Waals surface area (Å²) in [5.74, 6) is -1.93. The van der Waals surface area contributed by atoms with Gasteiger partial charge in [0, 0.05) is 18.5 Å². The Morgan fingerprint density at radius 2 is 1.59 bits per heavy atom. The van der Waals surface area contributed by atoms with E-state index in [9.17, 15) is 24.0 Å². The SMILES string of the molecule is CC(C)C(=O)N[C@H](C(=O)N1CC2C(C1C(=O)NC(CC1CC1)C(=O)C(=O)NC1CC1)C2(C)C)C(C)(C)C. The van der Waals surface area contributed by atoms with Crippen molar-refractivity contribution < 1.29 is 24.0 Å². The molecule has 0 radical (unpaired) electrons. The van der Waals surface area contributed by atoms with E-state index in [0.29, 0.717) is 18.9 Å². The second-order valence-corrected chi connectivity index (χ2v) is 13.7. The topological polar surface area (TPSA) is 125 Å². The summed E-state index contributed by atoms with van der Waals surface area (Å²) in [5.41, 5.74) is -0.660. The number of nitrogens with one attached hydrogen (secondary N) is 3. The van der Waals surface area contributed by atoms with Crippen LogP contribution in [-0.2, 0) is 24.0 Å². The van der Waals surface area contributed by atoms with Gasteiger partial charge < -0.3 is 20.9 Å². The van der Waals surface area contributed by atoms with Crippen LogP contribution in [0.25, 0.3) is 0 Å². The fourth-order valence-corrected chi connectivity index (χ4v) is 5.75. The zero-order valence-corrected chi connectivity index (χ0v) is 23.3. The minimum Gasteiger partial charge on any atom is -0.347 e. The first-order chi connectivity index (χ1) is 17.1. The van der Waals surface area contributed by atoms with Crippen molar-refractivity contribution in [1.82, 2.24) is 20.9 Å². The van der Waals surface area contributed by atoms with E-state index < -0.39 is 35.2 Å². The van der Waals surface area contributed by atoms with Crippen molar-refractivity contribution >= 4 is 29.4 Å². The number of carbonyl (C=O) groups excluding carboxylic acids is 5.